The van der Waals surface area contributed by atoms with Crippen LogP contribution < -0.4 is 10.6 Å². The fourth-order valence-electron chi connectivity index (χ4n) is 2.45. The van der Waals surface area contributed by atoms with Gasteiger partial charge in [0.15, 0.2) is 0 Å². The highest BCUT2D eigenvalue weighted by Gasteiger charge is 2.09. The van der Waals surface area contributed by atoms with E-state index in [1.807, 2.05) is 26.0 Å². The molecule has 5 nitrogen and oxygen atoms in total. The van der Waals surface area contributed by atoms with Gasteiger partial charge in [0.2, 0.25) is 5.91 Å². The highest BCUT2D eigenvalue weighted by molar-refractivity contribution is 5.97. The minimum Gasteiger partial charge on any atom is -0.376 e. The Bertz CT molecular complexity index is 734. The van der Waals surface area contributed by atoms with Crippen LogP contribution in [0.15, 0.2) is 42.5 Å². The summed E-state index contributed by atoms with van der Waals surface area (Å²) >= 11 is 0. The Kier molecular flexibility index (Phi) is 5.58. The van der Waals surface area contributed by atoms with Crippen LogP contribution in [0.4, 0.5) is 11.4 Å². The van der Waals surface area contributed by atoms with E-state index in [9.17, 15) is 9.59 Å². The summed E-state index contributed by atoms with van der Waals surface area (Å²) in [6, 6.07) is 13.0. The zero-order chi connectivity index (χ0) is 17.7. The first kappa shape index (κ1) is 17.5. The predicted molar refractivity (Wildman–Crippen MR) is 97.5 cm³/mol. The first-order chi connectivity index (χ1) is 11.3. The molecule has 0 fully saturated rings. The number of nitrogens with zero attached hydrogens (tertiary/aromatic N) is 1. The van der Waals surface area contributed by atoms with Gasteiger partial charge in [-0.3, -0.25) is 9.59 Å². The Balaban J connectivity index is 1.97. The van der Waals surface area contributed by atoms with Crippen molar-refractivity contribution in [1.82, 2.24) is 4.90 Å². The molecule has 0 bridgehead atoms. The van der Waals surface area contributed by atoms with Crippen molar-refractivity contribution in [2.45, 2.75) is 13.8 Å². The standard InChI is InChI=1S/C19H23N3O2/c1-13-8-14(2)10-17(9-13)20-12-18(23)21-16-7-5-6-15(11-16)19(24)22(3)4/h5-11,20H,12H2,1-4H3,(H,21,23). The van der Waals surface area contributed by atoms with E-state index in [0.29, 0.717) is 11.3 Å². The van der Waals surface area contributed by atoms with Crippen LogP contribution in [0.1, 0.15) is 21.5 Å². The molecular formula is C19H23N3O2. The quantitative estimate of drug-likeness (QED) is 0.888. The molecule has 0 aliphatic carbocycles. The molecule has 0 aliphatic rings. The van der Waals surface area contributed by atoms with E-state index in [0.717, 1.165) is 16.8 Å². The molecule has 0 saturated heterocycles. The molecule has 0 heterocycles. The first-order valence-electron chi connectivity index (χ1n) is 7.79. The lowest BCUT2D eigenvalue weighted by Gasteiger charge is -2.12. The molecule has 2 aromatic carbocycles. The van der Waals surface area contributed by atoms with Crippen LogP contribution in [0.25, 0.3) is 0 Å². The maximum absolute atomic E-state index is 12.1. The van der Waals surface area contributed by atoms with Gasteiger partial charge in [0, 0.05) is 31.0 Å². The van der Waals surface area contributed by atoms with Crippen LogP contribution in [0.2, 0.25) is 0 Å². The second kappa shape index (κ2) is 7.64. The van der Waals surface area contributed by atoms with E-state index in [4.69, 9.17) is 0 Å². The molecule has 2 rings (SSSR count). The van der Waals surface area contributed by atoms with E-state index in [1.165, 1.54) is 4.90 Å². The molecule has 2 aromatic rings. The summed E-state index contributed by atoms with van der Waals surface area (Å²) in [5.74, 6) is -0.261. The molecule has 0 aliphatic heterocycles. The molecule has 0 spiro atoms. The van der Waals surface area contributed by atoms with Crippen LogP contribution in [-0.2, 0) is 4.79 Å². The van der Waals surface area contributed by atoms with Crippen LogP contribution in [0, 0.1) is 13.8 Å². The molecule has 5 heteroatoms. The number of benzene rings is 2. The zero-order valence-corrected chi connectivity index (χ0v) is 14.5. The third-order valence-electron chi connectivity index (χ3n) is 3.47. The molecule has 2 N–H and O–H groups in total. The van der Waals surface area contributed by atoms with E-state index < -0.39 is 0 Å². The van der Waals surface area contributed by atoms with Crippen molar-refractivity contribution in [2.24, 2.45) is 0 Å². The van der Waals surface area contributed by atoms with E-state index in [-0.39, 0.29) is 18.4 Å². The van der Waals surface area contributed by atoms with Crippen LogP contribution in [-0.4, -0.2) is 37.4 Å². The molecule has 0 saturated carbocycles. The third-order valence-corrected chi connectivity index (χ3v) is 3.47. The van der Waals surface area contributed by atoms with Crippen molar-refractivity contribution < 1.29 is 9.59 Å². The maximum atomic E-state index is 12.1. The number of aryl methyl sites for hydroxylation is 2. The summed E-state index contributed by atoms with van der Waals surface area (Å²) in [7, 11) is 3.39. The number of hydrogen-bond donors (Lipinski definition) is 2. The topological polar surface area (TPSA) is 61.4 Å². The van der Waals surface area contributed by atoms with Gasteiger partial charge < -0.3 is 15.5 Å². The molecular weight excluding hydrogens is 302 g/mol. The van der Waals surface area contributed by atoms with Crippen molar-refractivity contribution in [2.75, 3.05) is 31.3 Å². The Morgan fingerprint density at radius 3 is 2.25 bits per heavy atom. The van der Waals surface area contributed by atoms with Crippen molar-refractivity contribution >= 4 is 23.2 Å². The molecule has 0 atom stereocenters. The average molecular weight is 325 g/mol. The smallest absolute Gasteiger partial charge is 0.253 e. The van der Waals surface area contributed by atoms with Gasteiger partial charge >= 0.3 is 0 Å². The summed E-state index contributed by atoms with van der Waals surface area (Å²) in [4.78, 5) is 25.6. The van der Waals surface area contributed by atoms with E-state index in [1.54, 1.807) is 38.4 Å². The molecule has 24 heavy (non-hydrogen) atoms. The lowest BCUT2D eigenvalue weighted by molar-refractivity contribution is -0.114. The Morgan fingerprint density at radius 1 is 0.958 bits per heavy atom. The summed E-state index contributed by atoms with van der Waals surface area (Å²) in [6.07, 6.45) is 0. The second-order valence-corrected chi connectivity index (χ2v) is 6.06. The van der Waals surface area contributed by atoms with Gasteiger partial charge in [-0.05, 0) is 55.3 Å². The van der Waals surface area contributed by atoms with Gasteiger partial charge in [-0.2, -0.15) is 0 Å². The fraction of sp³-hybridized carbons (Fsp3) is 0.263. The third kappa shape index (κ3) is 4.84. The van der Waals surface area contributed by atoms with Gasteiger partial charge in [-0.1, -0.05) is 12.1 Å². The number of anilines is 2. The molecule has 0 unspecified atom stereocenters. The summed E-state index contributed by atoms with van der Waals surface area (Å²) in [5.41, 5.74) is 4.36. The van der Waals surface area contributed by atoms with Gasteiger partial charge in [0.05, 0.1) is 6.54 Å². The van der Waals surface area contributed by atoms with Gasteiger partial charge in [0.25, 0.3) is 5.91 Å². The Morgan fingerprint density at radius 2 is 1.62 bits per heavy atom. The van der Waals surface area contributed by atoms with Crippen LogP contribution in [0.3, 0.4) is 0 Å². The number of carbonyl (C=O) groups excluding carboxylic acids is 2. The molecule has 0 aromatic heterocycles. The number of amides is 2. The fourth-order valence-corrected chi connectivity index (χ4v) is 2.45. The summed E-state index contributed by atoms with van der Waals surface area (Å²) in [6.45, 7) is 4.20. The number of hydrogen-bond acceptors (Lipinski definition) is 3. The number of carbonyl (C=O) groups is 2. The van der Waals surface area contributed by atoms with E-state index in [2.05, 4.69) is 16.7 Å². The average Bonchev–Trinajstić information content (AvgIpc) is 2.51. The Hall–Kier alpha value is -2.82. The lowest BCUT2D eigenvalue weighted by Crippen LogP contribution is -2.23. The lowest BCUT2D eigenvalue weighted by atomic mass is 10.1. The van der Waals surface area contributed by atoms with Gasteiger partial charge in [-0.15, -0.1) is 0 Å². The maximum Gasteiger partial charge on any atom is 0.253 e. The number of rotatable bonds is 5. The summed E-state index contributed by atoms with van der Waals surface area (Å²) < 4.78 is 0. The monoisotopic (exact) mass is 325 g/mol. The Labute approximate surface area is 142 Å². The zero-order valence-electron chi connectivity index (χ0n) is 14.5. The van der Waals surface area contributed by atoms with Gasteiger partial charge in [-0.25, -0.2) is 0 Å². The van der Waals surface area contributed by atoms with Crippen molar-refractivity contribution in [3.05, 3.63) is 59.2 Å². The van der Waals surface area contributed by atoms with Crippen molar-refractivity contribution in [3.8, 4) is 0 Å². The minimum atomic E-state index is -0.163. The van der Waals surface area contributed by atoms with Crippen molar-refractivity contribution in [3.63, 3.8) is 0 Å². The molecule has 2 amide bonds. The normalized spacial score (nSPS) is 10.2. The first-order valence-corrected chi connectivity index (χ1v) is 7.79. The minimum absolute atomic E-state index is 0.0977. The summed E-state index contributed by atoms with van der Waals surface area (Å²) in [5, 5.41) is 5.92. The number of nitrogens with one attached hydrogen (secondary N) is 2. The van der Waals surface area contributed by atoms with E-state index >= 15 is 0 Å². The largest absolute Gasteiger partial charge is 0.376 e. The highest BCUT2D eigenvalue weighted by Crippen LogP contribution is 2.14. The highest BCUT2D eigenvalue weighted by atomic mass is 16.2. The van der Waals surface area contributed by atoms with Crippen LogP contribution >= 0.6 is 0 Å². The van der Waals surface area contributed by atoms with Crippen LogP contribution in [0.5, 0.6) is 0 Å². The van der Waals surface area contributed by atoms with Crippen molar-refractivity contribution in [1.29, 1.82) is 0 Å². The SMILES string of the molecule is Cc1cc(C)cc(NCC(=O)Nc2cccc(C(=O)N(C)C)c2)c1. The van der Waals surface area contributed by atoms with Gasteiger partial charge in [0.1, 0.15) is 0 Å². The predicted octanol–water partition coefficient (Wildman–Crippen LogP) is 3.06. The molecule has 0 radical (unpaired) electrons. The molecule has 126 valence electrons. The second-order valence-electron chi connectivity index (χ2n) is 6.06.